The van der Waals surface area contributed by atoms with Crippen LogP contribution in [0.25, 0.3) is 0 Å². The number of nitrogens with zero attached hydrogens (tertiary/aromatic N) is 3. The lowest BCUT2D eigenvalue weighted by atomic mass is 9.92. The maximum atomic E-state index is 15.1. The number of thioether (sulfide) groups is 1. The highest BCUT2D eigenvalue weighted by Gasteiger charge is 2.58. The van der Waals surface area contributed by atoms with E-state index in [-0.39, 0.29) is 24.1 Å². The zero-order valence-corrected chi connectivity index (χ0v) is 14.1. The fourth-order valence-electron chi connectivity index (χ4n) is 2.44. The number of halogens is 4. The summed E-state index contributed by atoms with van der Waals surface area (Å²) in [5, 5.41) is 9.04. The molecule has 0 bridgehead atoms. The fraction of sp³-hybridized carbons (Fsp3) is 0.467. The van der Waals surface area contributed by atoms with Crippen molar-refractivity contribution >= 4 is 11.8 Å². The van der Waals surface area contributed by atoms with Gasteiger partial charge < -0.3 is 9.84 Å². The van der Waals surface area contributed by atoms with Gasteiger partial charge in [0.25, 0.3) is 0 Å². The van der Waals surface area contributed by atoms with E-state index in [1.54, 1.807) is 0 Å². The first-order chi connectivity index (χ1) is 11.9. The summed E-state index contributed by atoms with van der Waals surface area (Å²) in [6, 6.07) is 2.35. The van der Waals surface area contributed by atoms with Gasteiger partial charge in [-0.15, -0.1) is 0 Å². The van der Waals surface area contributed by atoms with Crippen molar-refractivity contribution in [2.75, 3.05) is 19.0 Å². The lowest BCUT2D eigenvalue weighted by molar-refractivity contribution is -0.175. The molecule has 10 heteroatoms. The summed E-state index contributed by atoms with van der Waals surface area (Å²) in [6.45, 7) is 0.303. The molecule has 0 aliphatic heterocycles. The maximum Gasteiger partial charge on any atom is 0.328 e. The Morgan fingerprint density at radius 1 is 1.32 bits per heavy atom. The van der Waals surface area contributed by atoms with Crippen LogP contribution in [0, 0.1) is 11.6 Å². The van der Waals surface area contributed by atoms with E-state index in [2.05, 4.69) is 10.1 Å². The van der Waals surface area contributed by atoms with Crippen LogP contribution in [-0.2, 0) is 16.9 Å². The Balaban J connectivity index is 2.61. The molecule has 0 aliphatic carbocycles. The summed E-state index contributed by atoms with van der Waals surface area (Å²) in [5.74, 6) is -2.33. The van der Waals surface area contributed by atoms with Crippen molar-refractivity contribution in [3.8, 4) is 0 Å². The first kappa shape index (κ1) is 19.7. The zero-order chi connectivity index (χ0) is 18.5. The lowest BCUT2D eigenvalue weighted by Gasteiger charge is -2.39. The van der Waals surface area contributed by atoms with Gasteiger partial charge in [-0.1, -0.05) is 11.8 Å². The number of rotatable bonds is 9. The van der Waals surface area contributed by atoms with Crippen LogP contribution in [0.2, 0.25) is 0 Å². The Kier molecular flexibility index (Phi) is 6.42. The molecule has 2 aromatic rings. The molecule has 0 aliphatic rings. The molecule has 5 nitrogen and oxygen atoms in total. The summed E-state index contributed by atoms with van der Waals surface area (Å²) in [4.78, 5) is 3.69. The van der Waals surface area contributed by atoms with E-state index in [9.17, 15) is 8.78 Å². The quantitative estimate of drug-likeness (QED) is 0.679. The Morgan fingerprint density at radius 2 is 2.08 bits per heavy atom. The molecule has 1 atom stereocenters. The smallest absolute Gasteiger partial charge is 0.328 e. The average molecular weight is 379 g/mol. The Morgan fingerprint density at radius 3 is 2.64 bits per heavy atom. The van der Waals surface area contributed by atoms with Gasteiger partial charge >= 0.3 is 5.25 Å². The Labute approximate surface area is 146 Å². The van der Waals surface area contributed by atoms with Crippen molar-refractivity contribution in [2.24, 2.45) is 0 Å². The standard InChI is InChI=1S/C15H17F4N3O2S/c1-2-24-14(8-22-10-20-9-21-22,15(18,19)25-6-5-23)12-4-3-11(16)7-13(12)17/h3-4,7,9-10,23H,2,5-6,8H2,1H3. The van der Waals surface area contributed by atoms with Gasteiger partial charge in [-0.2, -0.15) is 13.9 Å². The van der Waals surface area contributed by atoms with Crippen LogP contribution in [-0.4, -0.2) is 44.1 Å². The number of hydrogen-bond donors (Lipinski definition) is 1. The van der Waals surface area contributed by atoms with Gasteiger partial charge in [-0.3, -0.25) is 0 Å². The van der Waals surface area contributed by atoms with Crippen LogP contribution in [0.4, 0.5) is 17.6 Å². The molecule has 0 saturated heterocycles. The monoisotopic (exact) mass is 379 g/mol. The number of aliphatic hydroxyl groups is 1. The van der Waals surface area contributed by atoms with E-state index in [1.165, 1.54) is 13.3 Å². The summed E-state index contributed by atoms with van der Waals surface area (Å²) in [7, 11) is 0. The van der Waals surface area contributed by atoms with Gasteiger partial charge in [0, 0.05) is 24.0 Å². The van der Waals surface area contributed by atoms with E-state index in [1.807, 2.05) is 0 Å². The molecule has 0 fully saturated rings. The predicted octanol–water partition coefficient (Wildman–Crippen LogP) is 2.81. The second kappa shape index (κ2) is 8.15. The van der Waals surface area contributed by atoms with Crippen molar-refractivity contribution in [3.05, 3.63) is 48.1 Å². The highest BCUT2D eigenvalue weighted by molar-refractivity contribution is 8.00. The lowest BCUT2D eigenvalue weighted by Crippen LogP contribution is -2.50. The molecule has 1 unspecified atom stereocenters. The van der Waals surface area contributed by atoms with Gasteiger partial charge in [0.2, 0.25) is 0 Å². The van der Waals surface area contributed by atoms with Crippen molar-refractivity contribution in [1.82, 2.24) is 14.8 Å². The molecule has 1 aromatic carbocycles. The second-order valence-corrected chi connectivity index (χ2v) is 6.28. The number of aromatic nitrogens is 3. The van der Waals surface area contributed by atoms with Crippen molar-refractivity contribution in [3.63, 3.8) is 0 Å². The normalized spacial score (nSPS) is 14.5. The molecule has 1 N–H and O–H groups in total. The maximum absolute atomic E-state index is 15.1. The zero-order valence-electron chi connectivity index (χ0n) is 13.3. The molecular formula is C15H17F4N3O2S. The highest BCUT2D eigenvalue weighted by Crippen LogP contribution is 2.50. The van der Waals surface area contributed by atoms with Crippen LogP contribution in [0.3, 0.4) is 0 Å². The van der Waals surface area contributed by atoms with E-state index < -0.39 is 41.2 Å². The first-order valence-corrected chi connectivity index (χ1v) is 8.39. The van der Waals surface area contributed by atoms with Gasteiger partial charge in [-0.25, -0.2) is 18.4 Å². The third kappa shape index (κ3) is 4.13. The third-order valence-corrected chi connectivity index (χ3v) is 4.53. The Hall–Kier alpha value is -1.65. The number of ether oxygens (including phenoxy) is 1. The second-order valence-electron chi connectivity index (χ2n) is 5.07. The Bertz CT molecular complexity index is 687. The van der Waals surface area contributed by atoms with Crippen LogP contribution >= 0.6 is 11.8 Å². The molecule has 0 radical (unpaired) electrons. The van der Waals surface area contributed by atoms with Gasteiger partial charge in [0.05, 0.1) is 13.2 Å². The molecular weight excluding hydrogens is 362 g/mol. The minimum Gasteiger partial charge on any atom is -0.396 e. The molecule has 1 aromatic heterocycles. The molecule has 138 valence electrons. The molecule has 1 heterocycles. The van der Waals surface area contributed by atoms with Crippen molar-refractivity contribution < 1.29 is 27.4 Å². The number of benzene rings is 1. The molecule has 25 heavy (non-hydrogen) atoms. The van der Waals surface area contributed by atoms with Gasteiger partial charge in [0.1, 0.15) is 24.3 Å². The minimum absolute atomic E-state index is 0.125. The molecule has 2 rings (SSSR count). The van der Waals surface area contributed by atoms with E-state index in [0.717, 1.165) is 23.1 Å². The summed E-state index contributed by atoms with van der Waals surface area (Å²) >= 11 is 0.125. The number of hydrogen-bond acceptors (Lipinski definition) is 5. The molecule has 0 spiro atoms. The molecule has 0 saturated carbocycles. The molecule has 0 amide bonds. The highest BCUT2D eigenvalue weighted by atomic mass is 32.2. The van der Waals surface area contributed by atoms with Gasteiger partial charge in [-0.05, 0) is 19.1 Å². The summed E-state index contributed by atoms with van der Waals surface area (Å²) < 4.78 is 64.3. The fourth-order valence-corrected chi connectivity index (χ4v) is 3.25. The average Bonchev–Trinajstić information content (AvgIpc) is 3.05. The first-order valence-electron chi connectivity index (χ1n) is 7.41. The number of aliphatic hydroxyl groups excluding tert-OH is 1. The SMILES string of the molecule is CCOC(Cn1cncn1)(c1ccc(F)cc1F)C(F)(F)SCCO. The van der Waals surface area contributed by atoms with E-state index in [0.29, 0.717) is 6.07 Å². The van der Waals surface area contributed by atoms with Crippen LogP contribution in [0.5, 0.6) is 0 Å². The van der Waals surface area contributed by atoms with E-state index >= 15 is 8.78 Å². The van der Waals surface area contributed by atoms with Crippen molar-refractivity contribution in [1.29, 1.82) is 0 Å². The van der Waals surface area contributed by atoms with Crippen molar-refractivity contribution in [2.45, 2.75) is 24.3 Å². The largest absolute Gasteiger partial charge is 0.396 e. The number of alkyl halides is 2. The van der Waals surface area contributed by atoms with Gasteiger partial charge in [0.15, 0.2) is 5.60 Å². The predicted molar refractivity (Wildman–Crippen MR) is 84.2 cm³/mol. The van der Waals surface area contributed by atoms with E-state index in [4.69, 9.17) is 9.84 Å². The van der Waals surface area contributed by atoms with Crippen LogP contribution < -0.4 is 0 Å². The van der Waals surface area contributed by atoms with Crippen LogP contribution in [0.1, 0.15) is 12.5 Å². The topological polar surface area (TPSA) is 60.2 Å². The minimum atomic E-state index is -3.64. The summed E-state index contributed by atoms with van der Waals surface area (Å²) in [6.07, 6.45) is 2.35. The third-order valence-electron chi connectivity index (χ3n) is 3.45. The summed E-state index contributed by atoms with van der Waals surface area (Å²) in [5.41, 5.74) is -2.96. The van der Waals surface area contributed by atoms with Crippen LogP contribution in [0.15, 0.2) is 30.9 Å².